The monoisotopic (exact) mass is 252 g/mol. The first-order valence-electron chi connectivity index (χ1n) is 5.39. The number of nitrogens with one attached hydrogen (secondary N) is 1. The standard InChI is InChI=1S/C12H16N2S2/c1-2-10-3-4-11(16-10)7-12(14-13)9-5-6-15-8-9/h3-6,8,12,14H,2,7,13H2,1H3. The molecule has 0 aliphatic rings. The van der Waals surface area contributed by atoms with Crippen molar-refractivity contribution in [3.8, 4) is 0 Å². The molecule has 2 heterocycles. The molecule has 1 atom stereocenters. The number of hydrogen-bond acceptors (Lipinski definition) is 4. The third kappa shape index (κ3) is 2.71. The lowest BCUT2D eigenvalue weighted by molar-refractivity contribution is 0.557. The molecule has 0 saturated heterocycles. The SMILES string of the molecule is CCc1ccc(CC(NN)c2ccsc2)s1. The van der Waals surface area contributed by atoms with E-state index in [1.165, 1.54) is 15.3 Å². The second kappa shape index (κ2) is 5.59. The van der Waals surface area contributed by atoms with E-state index in [9.17, 15) is 0 Å². The summed E-state index contributed by atoms with van der Waals surface area (Å²) in [6.07, 6.45) is 2.09. The summed E-state index contributed by atoms with van der Waals surface area (Å²) < 4.78 is 0. The average Bonchev–Trinajstić information content (AvgIpc) is 2.96. The van der Waals surface area contributed by atoms with Crippen LogP contribution in [0.4, 0.5) is 0 Å². The van der Waals surface area contributed by atoms with Gasteiger partial charge >= 0.3 is 0 Å². The molecular weight excluding hydrogens is 236 g/mol. The molecule has 2 aromatic heterocycles. The first-order valence-corrected chi connectivity index (χ1v) is 7.15. The molecule has 3 N–H and O–H groups in total. The van der Waals surface area contributed by atoms with Gasteiger partial charge in [0.05, 0.1) is 6.04 Å². The highest BCUT2D eigenvalue weighted by Crippen LogP contribution is 2.24. The fourth-order valence-corrected chi connectivity index (χ4v) is 3.39. The van der Waals surface area contributed by atoms with Crippen LogP contribution in [-0.2, 0) is 12.8 Å². The van der Waals surface area contributed by atoms with Crippen LogP contribution >= 0.6 is 22.7 Å². The molecule has 16 heavy (non-hydrogen) atoms. The van der Waals surface area contributed by atoms with Crippen LogP contribution in [0.2, 0.25) is 0 Å². The second-order valence-electron chi connectivity index (χ2n) is 3.70. The summed E-state index contributed by atoms with van der Waals surface area (Å²) >= 11 is 3.59. The van der Waals surface area contributed by atoms with Gasteiger partial charge in [-0.05, 0) is 40.9 Å². The molecule has 0 spiro atoms. The highest BCUT2D eigenvalue weighted by molar-refractivity contribution is 7.12. The van der Waals surface area contributed by atoms with Crippen LogP contribution in [0, 0.1) is 0 Å². The summed E-state index contributed by atoms with van der Waals surface area (Å²) in [6.45, 7) is 2.19. The van der Waals surface area contributed by atoms with Crippen molar-refractivity contribution in [1.29, 1.82) is 0 Å². The molecule has 0 aliphatic carbocycles. The maximum Gasteiger partial charge on any atom is 0.0516 e. The summed E-state index contributed by atoms with van der Waals surface area (Å²) in [5, 5.41) is 4.24. The maximum absolute atomic E-state index is 5.61. The Morgan fingerprint density at radius 1 is 1.31 bits per heavy atom. The molecule has 0 fully saturated rings. The Hall–Kier alpha value is -0.680. The van der Waals surface area contributed by atoms with Gasteiger partial charge in [-0.1, -0.05) is 6.92 Å². The highest BCUT2D eigenvalue weighted by atomic mass is 32.1. The summed E-state index contributed by atoms with van der Waals surface area (Å²) in [5.41, 5.74) is 4.17. The van der Waals surface area contributed by atoms with Crippen LogP contribution in [0.15, 0.2) is 29.0 Å². The number of aryl methyl sites for hydroxylation is 1. The Morgan fingerprint density at radius 2 is 2.12 bits per heavy atom. The average molecular weight is 252 g/mol. The Balaban J connectivity index is 2.07. The minimum atomic E-state index is 0.231. The van der Waals surface area contributed by atoms with Crippen LogP contribution in [0.25, 0.3) is 0 Å². The van der Waals surface area contributed by atoms with Crippen molar-refractivity contribution in [2.75, 3.05) is 0 Å². The molecule has 0 saturated carbocycles. The molecule has 0 bridgehead atoms. The van der Waals surface area contributed by atoms with Gasteiger partial charge < -0.3 is 0 Å². The topological polar surface area (TPSA) is 38.0 Å². The van der Waals surface area contributed by atoms with E-state index in [4.69, 9.17) is 5.84 Å². The van der Waals surface area contributed by atoms with Gasteiger partial charge in [0.15, 0.2) is 0 Å². The smallest absolute Gasteiger partial charge is 0.0516 e. The van der Waals surface area contributed by atoms with Gasteiger partial charge in [-0.3, -0.25) is 11.3 Å². The molecule has 0 amide bonds. The number of hydrogen-bond donors (Lipinski definition) is 2. The van der Waals surface area contributed by atoms with Crippen LogP contribution in [0.1, 0.15) is 28.3 Å². The highest BCUT2D eigenvalue weighted by Gasteiger charge is 2.12. The Labute approximate surface area is 104 Å². The zero-order valence-corrected chi connectivity index (χ0v) is 10.9. The van der Waals surface area contributed by atoms with Gasteiger partial charge in [0.2, 0.25) is 0 Å². The summed E-state index contributed by atoms with van der Waals surface area (Å²) in [6, 6.07) is 6.78. The van der Waals surface area contributed by atoms with Crippen molar-refractivity contribution >= 4 is 22.7 Å². The van der Waals surface area contributed by atoms with Gasteiger partial charge in [-0.25, -0.2) is 0 Å². The normalized spacial score (nSPS) is 12.9. The van der Waals surface area contributed by atoms with E-state index in [1.54, 1.807) is 11.3 Å². The number of hydrazine groups is 1. The lowest BCUT2D eigenvalue weighted by Gasteiger charge is -2.13. The van der Waals surface area contributed by atoms with Gasteiger partial charge in [-0.2, -0.15) is 11.3 Å². The lowest BCUT2D eigenvalue weighted by Crippen LogP contribution is -2.29. The molecule has 86 valence electrons. The Kier molecular flexibility index (Phi) is 4.12. The lowest BCUT2D eigenvalue weighted by atomic mass is 10.1. The molecular formula is C12H16N2S2. The zero-order chi connectivity index (χ0) is 11.4. The molecule has 0 radical (unpaired) electrons. The van der Waals surface area contributed by atoms with Crippen LogP contribution in [0.3, 0.4) is 0 Å². The summed E-state index contributed by atoms with van der Waals surface area (Å²) in [7, 11) is 0. The molecule has 2 rings (SSSR count). The van der Waals surface area contributed by atoms with Gasteiger partial charge in [0.25, 0.3) is 0 Å². The fraction of sp³-hybridized carbons (Fsp3) is 0.333. The molecule has 1 unspecified atom stereocenters. The van der Waals surface area contributed by atoms with E-state index in [0.717, 1.165) is 12.8 Å². The Morgan fingerprint density at radius 3 is 2.69 bits per heavy atom. The minimum Gasteiger partial charge on any atom is -0.271 e. The minimum absolute atomic E-state index is 0.231. The molecule has 2 aromatic rings. The largest absolute Gasteiger partial charge is 0.271 e. The fourth-order valence-electron chi connectivity index (χ4n) is 1.67. The predicted octanol–water partition coefficient (Wildman–Crippen LogP) is 3.12. The number of rotatable bonds is 5. The van der Waals surface area contributed by atoms with Gasteiger partial charge in [0, 0.05) is 16.2 Å². The van der Waals surface area contributed by atoms with Crippen molar-refractivity contribution in [1.82, 2.24) is 5.43 Å². The third-order valence-corrected chi connectivity index (χ3v) is 4.57. The molecule has 4 heteroatoms. The maximum atomic E-state index is 5.61. The molecule has 0 aliphatic heterocycles. The second-order valence-corrected chi connectivity index (χ2v) is 5.73. The van der Waals surface area contributed by atoms with E-state index >= 15 is 0 Å². The van der Waals surface area contributed by atoms with Crippen molar-refractivity contribution < 1.29 is 0 Å². The van der Waals surface area contributed by atoms with Gasteiger partial charge in [-0.15, -0.1) is 11.3 Å². The first kappa shape index (κ1) is 11.8. The summed E-state index contributed by atoms with van der Waals surface area (Å²) in [5.74, 6) is 5.61. The van der Waals surface area contributed by atoms with E-state index in [-0.39, 0.29) is 6.04 Å². The van der Waals surface area contributed by atoms with Crippen molar-refractivity contribution in [3.05, 3.63) is 44.3 Å². The predicted molar refractivity (Wildman–Crippen MR) is 71.8 cm³/mol. The first-order chi connectivity index (χ1) is 7.83. The van der Waals surface area contributed by atoms with E-state index in [1.807, 2.05) is 11.3 Å². The quantitative estimate of drug-likeness (QED) is 0.634. The van der Waals surface area contributed by atoms with Crippen molar-refractivity contribution in [2.24, 2.45) is 5.84 Å². The van der Waals surface area contributed by atoms with Crippen molar-refractivity contribution in [3.63, 3.8) is 0 Å². The van der Waals surface area contributed by atoms with E-state index in [0.29, 0.717) is 0 Å². The number of nitrogens with two attached hydrogens (primary N) is 1. The Bertz CT molecular complexity index is 420. The van der Waals surface area contributed by atoms with Crippen molar-refractivity contribution in [2.45, 2.75) is 25.8 Å². The third-order valence-electron chi connectivity index (χ3n) is 2.62. The van der Waals surface area contributed by atoms with E-state index < -0.39 is 0 Å². The zero-order valence-electron chi connectivity index (χ0n) is 9.27. The van der Waals surface area contributed by atoms with Crippen LogP contribution in [0.5, 0.6) is 0 Å². The van der Waals surface area contributed by atoms with Crippen LogP contribution in [-0.4, -0.2) is 0 Å². The molecule has 0 aromatic carbocycles. The molecule has 2 nitrogen and oxygen atoms in total. The van der Waals surface area contributed by atoms with E-state index in [2.05, 4.69) is 41.3 Å². The van der Waals surface area contributed by atoms with Crippen LogP contribution < -0.4 is 11.3 Å². The van der Waals surface area contributed by atoms with Gasteiger partial charge in [0.1, 0.15) is 0 Å². The summed E-state index contributed by atoms with van der Waals surface area (Å²) in [4.78, 5) is 2.84. The number of thiophene rings is 2.